The van der Waals surface area contributed by atoms with Crippen LogP contribution in [0.15, 0.2) is 376 Å². The topological polar surface area (TPSA) is 172 Å². The Morgan fingerprint density at radius 3 is 0.965 bits per heavy atom. The lowest BCUT2D eigenvalue weighted by molar-refractivity contribution is 0.580. The van der Waals surface area contributed by atoms with Crippen LogP contribution in [0.3, 0.4) is 0 Å². The van der Waals surface area contributed by atoms with E-state index in [1.807, 2.05) is 139 Å². The highest BCUT2D eigenvalue weighted by molar-refractivity contribution is 7.78. The minimum absolute atomic E-state index is 0.665. The van der Waals surface area contributed by atoms with Gasteiger partial charge in [-0.3, -0.25) is 22.0 Å². The Morgan fingerprint density at radius 1 is 0.210 bits per heavy atom. The number of pyridine rings is 5. The molecule has 704 valence electrons. The molecule has 0 aliphatic heterocycles. The average Bonchev–Trinajstić information content (AvgIpc) is 1.64. The first-order valence-electron chi connectivity index (χ1n) is 49.6. The Hall–Kier alpha value is -14.5. The lowest BCUT2D eigenvalue weighted by Gasteiger charge is -2.18. The molecule has 10 heterocycles. The predicted octanol–water partition coefficient (Wildman–Crippen LogP) is 30.6. The standard InChI is InChI=1S/C30H21N2OP.2C24H23N2OP.C23H21N2OP.C22H19N2OP/c1-34(33,29-16-8-10-20-9-2-3-11-22(20)29)21-17-18-27-25(19-21)23-12-4-5-13-24(23)30-31-26-14-6-7-15-28(26)32(27)30;1-3-4-15-28(2,27)17-13-14-22-20(16-17)18-9-5-6-10-19(18)24-25-21-11-7-8-12-23(21)26(22)24;1-3-15-28(27,4-2)17-13-14-19-18-9-5-6-10-20(18)24-25-21-11-7-8-12-22(21)26(24)23(19)16-17;1-3-27(26,4-2)16-13-14-18-19(15-16)17-9-5-7-11-21(17)25-22-12-8-6-10-20(22)24-23(18)25;1-3-26(2,25)15-12-13-16-17-8-4-6-10-20(17)24-21-11-7-5-9-19(21)23-22(24)18(16)14-15/h2-19H,1H3;2*5-14,16H,3-4,15H2,1-2H3;5-15H,3-4H2,1-2H3;4-14H,3H2,1-2H3. The molecule has 15 nitrogen and oxygen atoms in total. The van der Waals surface area contributed by atoms with Crippen molar-refractivity contribution in [3.8, 4) is 0 Å². The molecule has 0 amide bonds. The second-order valence-electron chi connectivity index (χ2n) is 38.0. The van der Waals surface area contributed by atoms with E-state index < -0.39 is 35.7 Å². The molecule has 0 spiro atoms. The van der Waals surface area contributed by atoms with Crippen LogP contribution in [0.1, 0.15) is 60.8 Å². The predicted molar refractivity (Wildman–Crippen MR) is 613 cm³/mol. The van der Waals surface area contributed by atoms with Crippen LogP contribution >= 0.6 is 35.7 Å². The van der Waals surface area contributed by atoms with E-state index in [9.17, 15) is 22.8 Å². The summed E-state index contributed by atoms with van der Waals surface area (Å²) >= 11 is 0. The molecule has 0 saturated heterocycles. The molecule has 0 N–H and O–H groups in total. The quantitative estimate of drug-likeness (QED) is 0.0710. The molecule has 0 aliphatic carbocycles. The SMILES string of the molecule is CCCCP(C)(=O)c1ccc2c(c1)c1ccccc1c1nc3ccccc3n21.CCCP(=O)(CC)c1ccc2c3ccccc3c3nc4ccccc4n3c2c1.CCP(=O)(CC)c1ccc2c(c1)c1ccccc1n1c3ccccc3nc21.CCP(C)(=O)c1ccc2c3ccccc3n3c4ccccc4nc3c2c1.CP(=O)(c1ccc2c(c1)c1ccccc1c1nc3ccccc3n21)c1cccc2ccccc12. The zero-order valence-corrected chi connectivity index (χ0v) is 85.9. The zero-order valence-electron chi connectivity index (χ0n) is 81.4. The van der Waals surface area contributed by atoms with Gasteiger partial charge in [-0.15, -0.1) is 0 Å². The Kier molecular flexibility index (Phi) is 23.7. The summed E-state index contributed by atoms with van der Waals surface area (Å²) in [5, 5.41) is 24.9. The fourth-order valence-corrected chi connectivity index (χ4v) is 31.2. The van der Waals surface area contributed by atoms with Crippen LogP contribution in [-0.2, 0) is 22.8 Å². The number of unbranched alkanes of at least 4 members (excludes halogenated alkanes) is 1. The Bertz CT molecular complexity index is 10200. The van der Waals surface area contributed by atoms with E-state index >= 15 is 0 Å². The smallest absolute Gasteiger partial charge is 0.146 e. The largest absolute Gasteiger partial charge is 0.319 e. The molecule has 20 heteroatoms. The Balaban J connectivity index is 0.0000000995. The zero-order chi connectivity index (χ0) is 98.0. The summed E-state index contributed by atoms with van der Waals surface area (Å²) in [6.45, 7) is 18.0. The normalized spacial score (nSPS) is 13.8. The molecule has 0 fully saturated rings. The number of hydrogen-bond acceptors (Lipinski definition) is 10. The van der Waals surface area contributed by atoms with Crippen molar-refractivity contribution in [1.29, 1.82) is 0 Å². The minimum Gasteiger partial charge on any atom is -0.319 e. The number of benzene rings is 17. The van der Waals surface area contributed by atoms with Crippen LogP contribution in [0.5, 0.6) is 0 Å². The molecular formula is C123H107N10O5P5. The monoisotopic (exact) mass is 1960 g/mol. The van der Waals surface area contributed by atoms with Gasteiger partial charge in [-0.05, 0) is 204 Å². The van der Waals surface area contributed by atoms with Gasteiger partial charge in [0.15, 0.2) is 0 Å². The summed E-state index contributed by atoms with van der Waals surface area (Å²) in [6.07, 6.45) is 7.29. The maximum Gasteiger partial charge on any atom is 0.146 e. The van der Waals surface area contributed by atoms with Crippen molar-refractivity contribution in [1.82, 2.24) is 46.9 Å². The molecule has 0 radical (unpaired) electrons. The highest BCUT2D eigenvalue weighted by Crippen LogP contribution is 2.50. The fraction of sp³-hybridized carbons (Fsp3) is 0.146. The highest BCUT2D eigenvalue weighted by atomic mass is 31.2. The lowest BCUT2D eigenvalue weighted by Crippen LogP contribution is -2.16. The van der Waals surface area contributed by atoms with E-state index in [2.05, 4.69) is 321 Å². The minimum atomic E-state index is -2.84. The van der Waals surface area contributed by atoms with E-state index in [-0.39, 0.29) is 0 Å². The number of para-hydroxylation sites is 12. The summed E-state index contributed by atoms with van der Waals surface area (Å²) < 4.78 is 78.8. The van der Waals surface area contributed by atoms with Crippen LogP contribution in [0.2, 0.25) is 0 Å². The molecule has 0 saturated carbocycles. The van der Waals surface area contributed by atoms with Crippen molar-refractivity contribution in [2.45, 2.75) is 60.8 Å². The third-order valence-corrected chi connectivity index (χ3v) is 44.0. The molecule has 4 atom stereocenters. The summed E-state index contributed by atoms with van der Waals surface area (Å²) in [7, 11) is -12.2. The van der Waals surface area contributed by atoms with Crippen LogP contribution in [0, 0.1) is 0 Å². The third-order valence-electron chi connectivity index (χ3n) is 29.6. The summed E-state index contributed by atoms with van der Waals surface area (Å²) in [4.78, 5) is 24.6. The molecule has 10 aromatic heterocycles. The number of rotatable bonds is 15. The van der Waals surface area contributed by atoms with Gasteiger partial charge >= 0.3 is 0 Å². The first kappa shape index (κ1) is 92.2. The van der Waals surface area contributed by atoms with Gasteiger partial charge in [0.2, 0.25) is 0 Å². The van der Waals surface area contributed by atoms with E-state index in [0.717, 1.165) is 244 Å². The van der Waals surface area contributed by atoms with E-state index in [1.165, 1.54) is 21.5 Å². The van der Waals surface area contributed by atoms with Crippen molar-refractivity contribution >= 4 is 270 Å². The van der Waals surface area contributed by atoms with Crippen molar-refractivity contribution in [2.24, 2.45) is 0 Å². The van der Waals surface area contributed by atoms with Crippen LogP contribution in [0.4, 0.5) is 0 Å². The Labute approximate surface area is 827 Å². The summed E-state index contributed by atoms with van der Waals surface area (Å²) in [6, 6.07) is 129. The van der Waals surface area contributed by atoms with E-state index in [4.69, 9.17) is 24.9 Å². The van der Waals surface area contributed by atoms with Crippen LogP contribution in [0.25, 0.3) is 203 Å². The number of hydrogen-bond donors (Lipinski definition) is 0. The maximum absolute atomic E-state index is 14.4. The van der Waals surface area contributed by atoms with Gasteiger partial charge < -0.3 is 22.8 Å². The van der Waals surface area contributed by atoms with E-state index in [0.29, 0.717) is 24.6 Å². The second-order valence-corrected chi connectivity index (χ2v) is 54.3. The molecule has 0 bridgehead atoms. The number of nitrogens with zero attached hydrogens (tertiary/aromatic N) is 10. The Morgan fingerprint density at radius 2 is 0.510 bits per heavy atom. The van der Waals surface area contributed by atoms with Crippen molar-refractivity contribution < 1.29 is 22.8 Å². The van der Waals surface area contributed by atoms with E-state index in [1.54, 1.807) is 0 Å². The first-order valence-corrected chi connectivity index (χ1v) is 60.6. The first-order chi connectivity index (χ1) is 69.6. The summed E-state index contributed by atoms with van der Waals surface area (Å²) in [5.41, 5.74) is 20.7. The van der Waals surface area contributed by atoms with Crippen molar-refractivity contribution in [3.05, 3.63) is 376 Å². The molecule has 0 aliphatic rings. The maximum atomic E-state index is 14.4. The van der Waals surface area contributed by atoms with Crippen LogP contribution < -0.4 is 31.8 Å². The highest BCUT2D eigenvalue weighted by Gasteiger charge is 2.30. The second kappa shape index (κ2) is 36.8. The molecule has 143 heavy (non-hydrogen) atoms. The molecule has 17 aromatic carbocycles. The molecule has 27 aromatic rings. The third kappa shape index (κ3) is 15.6. The fourth-order valence-electron chi connectivity index (χ4n) is 21.8. The molecular weight excluding hydrogens is 1850 g/mol. The number of fused-ring (bicyclic) bond motifs is 41. The van der Waals surface area contributed by atoms with Gasteiger partial charge in [-0.2, -0.15) is 0 Å². The molecule has 27 rings (SSSR count). The average molecular weight is 1960 g/mol. The van der Waals surface area contributed by atoms with Crippen molar-refractivity contribution in [3.63, 3.8) is 0 Å². The number of aromatic nitrogens is 10. The van der Waals surface area contributed by atoms with Gasteiger partial charge in [0, 0.05) is 123 Å². The van der Waals surface area contributed by atoms with Gasteiger partial charge in [0.25, 0.3) is 0 Å². The molecule has 4 unspecified atom stereocenters. The van der Waals surface area contributed by atoms with Gasteiger partial charge in [0.05, 0.1) is 82.8 Å². The van der Waals surface area contributed by atoms with Gasteiger partial charge in [-0.1, -0.05) is 291 Å². The van der Waals surface area contributed by atoms with Gasteiger partial charge in [-0.25, -0.2) is 24.9 Å². The van der Waals surface area contributed by atoms with Crippen molar-refractivity contribution in [2.75, 3.05) is 57.0 Å². The lowest BCUT2D eigenvalue weighted by atomic mass is 10.1. The number of imidazole rings is 5. The van der Waals surface area contributed by atoms with Crippen LogP contribution in [-0.4, -0.2) is 104 Å². The van der Waals surface area contributed by atoms with Gasteiger partial charge in [0.1, 0.15) is 63.9 Å². The summed E-state index contributed by atoms with van der Waals surface area (Å²) in [5.74, 6) is 0.